The largest absolute Gasteiger partial charge is 0.407 e. The van der Waals surface area contributed by atoms with Gasteiger partial charge in [0.15, 0.2) is 5.78 Å². The molecular formula is C22H24F3N3O. The molecular weight excluding hydrogens is 379 g/mol. The van der Waals surface area contributed by atoms with Crippen LogP contribution in [0, 0.1) is 17.2 Å². The number of nitrogens with zero attached hydrogens (tertiary/aromatic N) is 2. The van der Waals surface area contributed by atoms with E-state index in [1.165, 1.54) is 12.1 Å². The standard InChI is InChI=1S/C22H24F3N3O/c1-15(2)13-19(20(29)7-4-10-26)28-21(22(23,24)25)18-6-3-5-17(14-18)16-8-11-27-12-9-16/h3,5-6,8-9,11-12,14-15,19,21,28H,4,7,13H2,1-2H3/t19-,21?/m0/s1. The zero-order valence-corrected chi connectivity index (χ0v) is 16.4. The molecule has 0 aliphatic rings. The van der Waals surface area contributed by atoms with Crippen LogP contribution in [-0.2, 0) is 4.79 Å². The molecule has 0 bridgehead atoms. The molecule has 0 fully saturated rings. The first-order valence-corrected chi connectivity index (χ1v) is 9.45. The molecule has 2 rings (SSSR count). The van der Waals surface area contributed by atoms with Gasteiger partial charge < -0.3 is 0 Å². The van der Waals surface area contributed by atoms with Gasteiger partial charge in [0, 0.05) is 25.2 Å². The number of nitriles is 1. The Balaban J connectivity index is 2.36. The first-order chi connectivity index (χ1) is 13.7. The lowest BCUT2D eigenvalue weighted by molar-refractivity contribution is -0.161. The second kappa shape index (κ2) is 10.2. The van der Waals surface area contributed by atoms with Crippen molar-refractivity contribution in [3.8, 4) is 17.2 Å². The van der Waals surface area contributed by atoms with Gasteiger partial charge in [0.1, 0.15) is 6.04 Å². The molecule has 0 saturated carbocycles. The highest BCUT2D eigenvalue weighted by molar-refractivity contribution is 5.84. The molecule has 0 spiro atoms. The van der Waals surface area contributed by atoms with E-state index in [4.69, 9.17) is 5.26 Å². The van der Waals surface area contributed by atoms with Gasteiger partial charge in [-0.1, -0.05) is 32.0 Å². The van der Waals surface area contributed by atoms with Crippen LogP contribution in [0.1, 0.15) is 44.7 Å². The molecule has 2 aromatic rings. The topological polar surface area (TPSA) is 65.8 Å². The third kappa shape index (κ3) is 6.68. The number of nitrogens with one attached hydrogen (secondary N) is 1. The molecule has 0 aliphatic carbocycles. The predicted octanol–water partition coefficient (Wildman–Crippen LogP) is 5.23. The minimum atomic E-state index is -4.58. The third-order valence-electron chi connectivity index (χ3n) is 4.51. The quantitative estimate of drug-likeness (QED) is 0.623. The van der Waals surface area contributed by atoms with E-state index in [1.807, 2.05) is 19.9 Å². The SMILES string of the molecule is CC(C)C[C@H](NC(c1cccc(-c2ccncc2)c1)C(F)(F)F)C(=O)CCC#N. The van der Waals surface area contributed by atoms with Crippen LogP contribution in [0.3, 0.4) is 0 Å². The lowest BCUT2D eigenvalue weighted by atomic mass is 9.94. The van der Waals surface area contributed by atoms with Crippen LogP contribution in [0.25, 0.3) is 11.1 Å². The van der Waals surface area contributed by atoms with Gasteiger partial charge >= 0.3 is 6.18 Å². The van der Waals surface area contributed by atoms with Gasteiger partial charge in [-0.15, -0.1) is 0 Å². The Kier molecular flexibility index (Phi) is 7.91. The van der Waals surface area contributed by atoms with Crippen molar-refractivity contribution in [3.05, 3.63) is 54.4 Å². The minimum absolute atomic E-state index is 0.0106. The number of ketones is 1. The molecule has 1 aromatic carbocycles. The summed E-state index contributed by atoms with van der Waals surface area (Å²) in [4.78, 5) is 16.4. The Bertz CT molecular complexity index is 844. The number of hydrogen-bond acceptors (Lipinski definition) is 4. The molecule has 0 saturated heterocycles. The van der Waals surface area contributed by atoms with Crippen LogP contribution in [0.15, 0.2) is 48.8 Å². The Hall–Kier alpha value is -2.72. The van der Waals surface area contributed by atoms with E-state index < -0.39 is 18.3 Å². The molecule has 1 N–H and O–H groups in total. The molecule has 0 radical (unpaired) electrons. The van der Waals surface area contributed by atoms with Crippen molar-refractivity contribution >= 4 is 5.78 Å². The molecule has 1 aromatic heterocycles. The van der Waals surface area contributed by atoms with Crippen molar-refractivity contribution in [2.45, 2.75) is 51.4 Å². The van der Waals surface area contributed by atoms with Gasteiger partial charge in [-0.2, -0.15) is 18.4 Å². The average Bonchev–Trinajstić information content (AvgIpc) is 2.68. The summed E-state index contributed by atoms with van der Waals surface area (Å²) in [5.41, 5.74) is 1.43. The second-order valence-corrected chi connectivity index (χ2v) is 7.31. The van der Waals surface area contributed by atoms with Gasteiger partial charge in [-0.3, -0.25) is 15.1 Å². The summed E-state index contributed by atoms with van der Waals surface area (Å²) in [5, 5.41) is 11.2. The molecule has 0 aliphatic heterocycles. The van der Waals surface area contributed by atoms with Crippen LogP contribution in [0.2, 0.25) is 0 Å². The molecule has 1 heterocycles. The highest BCUT2D eigenvalue weighted by atomic mass is 19.4. The maximum atomic E-state index is 13.9. The van der Waals surface area contributed by atoms with E-state index in [0.717, 1.165) is 5.56 Å². The molecule has 1 unspecified atom stereocenters. The first-order valence-electron chi connectivity index (χ1n) is 9.45. The molecule has 0 amide bonds. The number of Topliss-reactive ketones (excluding diaryl/α,β-unsaturated/α-hetero) is 1. The van der Waals surface area contributed by atoms with Gasteiger partial charge in [-0.05, 0) is 47.2 Å². The van der Waals surface area contributed by atoms with Crippen LogP contribution in [-0.4, -0.2) is 23.0 Å². The number of carbonyl (C=O) groups excluding carboxylic acids is 1. The van der Waals surface area contributed by atoms with Crippen molar-refractivity contribution < 1.29 is 18.0 Å². The maximum absolute atomic E-state index is 13.9. The average molecular weight is 403 g/mol. The summed E-state index contributed by atoms with van der Waals surface area (Å²) >= 11 is 0. The van der Waals surface area contributed by atoms with Crippen LogP contribution < -0.4 is 5.32 Å². The number of carbonyl (C=O) groups is 1. The van der Waals surface area contributed by atoms with E-state index in [-0.39, 0.29) is 36.5 Å². The van der Waals surface area contributed by atoms with Gasteiger partial charge in [-0.25, -0.2) is 0 Å². The van der Waals surface area contributed by atoms with E-state index in [0.29, 0.717) is 5.56 Å². The number of halogens is 3. The van der Waals surface area contributed by atoms with E-state index in [1.54, 1.807) is 36.7 Å². The minimum Gasteiger partial charge on any atom is -0.298 e. The molecule has 2 atom stereocenters. The second-order valence-electron chi connectivity index (χ2n) is 7.31. The van der Waals surface area contributed by atoms with Crippen molar-refractivity contribution in [2.24, 2.45) is 5.92 Å². The fraction of sp³-hybridized carbons (Fsp3) is 0.409. The van der Waals surface area contributed by atoms with Crippen LogP contribution in [0.4, 0.5) is 13.2 Å². The highest BCUT2D eigenvalue weighted by Gasteiger charge is 2.42. The fourth-order valence-electron chi connectivity index (χ4n) is 3.14. The maximum Gasteiger partial charge on any atom is 0.407 e. The highest BCUT2D eigenvalue weighted by Crippen LogP contribution is 2.35. The smallest absolute Gasteiger partial charge is 0.298 e. The van der Waals surface area contributed by atoms with E-state index >= 15 is 0 Å². The number of pyridine rings is 1. The van der Waals surface area contributed by atoms with Gasteiger partial charge in [0.2, 0.25) is 0 Å². The Morgan fingerprint density at radius 3 is 2.45 bits per heavy atom. The molecule has 29 heavy (non-hydrogen) atoms. The monoisotopic (exact) mass is 403 g/mol. The van der Waals surface area contributed by atoms with Crippen LogP contribution >= 0.6 is 0 Å². The zero-order chi connectivity index (χ0) is 21.4. The van der Waals surface area contributed by atoms with Crippen molar-refractivity contribution in [3.63, 3.8) is 0 Å². The summed E-state index contributed by atoms with van der Waals surface area (Å²) in [5.74, 6) is -0.352. The zero-order valence-electron chi connectivity index (χ0n) is 16.4. The lowest BCUT2D eigenvalue weighted by Gasteiger charge is -2.28. The van der Waals surface area contributed by atoms with Gasteiger partial charge in [0.25, 0.3) is 0 Å². The van der Waals surface area contributed by atoms with Crippen LogP contribution in [0.5, 0.6) is 0 Å². The van der Waals surface area contributed by atoms with E-state index in [9.17, 15) is 18.0 Å². The Labute approximate surface area is 168 Å². The normalized spacial score (nSPS) is 13.7. The summed E-state index contributed by atoms with van der Waals surface area (Å²) in [6, 6.07) is 8.55. The molecule has 4 nitrogen and oxygen atoms in total. The van der Waals surface area contributed by atoms with Crippen molar-refractivity contribution in [1.29, 1.82) is 5.26 Å². The summed E-state index contributed by atoms with van der Waals surface area (Å²) < 4.78 is 41.8. The summed E-state index contributed by atoms with van der Waals surface area (Å²) in [7, 11) is 0. The predicted molar refractivity (Wildman–Crippen MR) is 105 cm³/mol. The third-order valence-corrected chi connectivity index (χ3v) is 4.51. The number of alkyl halides is 3. The number of aromatic nitrogens is 1. The first kappa shape index (κ1) is 22.6. The number of hydrogen-bond donors (Lipinski definition) is 1. The number of benzene rings is 1. The number of rotatable bonds is 9. The Morgan fingerprint density at radius 1 is 1.17 bits per heavy atom. The molecule has 154 valence electrons. The van der Waals surface area contributed by atoms with Crippen molar-refractivity contribution in [2.75, 3.05) is 0 Å². The summed E-state index contributed by atoms with van der Waals surface area (Å²) in [6.45, 7) is 3.69. The summed E-state index contributed by atoms with van der Waals surface area (Å²) in [6.07, 6.45) is -1.24. The van der Waals surface area contributed by atoms with Crippen molar-refractivity contribution in [1.82, 2.24) is 10.3 Å². The Morgan fingerprint density at radius 2 is 1.86 bits per heavy atom. The van der Waals surface area contributed by atoms with E-state index in [2.05, 4.69) is 10.3 Å². The fourth-order valence-corrected chi connectivity index (χ4v) is 3.14. The van der Waals surface area contributed by atoms with Gasteiger partial charge in [0.05, 0.1) is 12.1 Å². The molecule has 7 heteroatoms. The lowest BCUT2D eigenvalue weighted by Crippen LogP contribution is -2.45.